The highest BCUT2D eigenvalue weighted by molar-refractivity contribution is 7.93. The monoisotopic (exact) mass is 450 g/mol. The van der Waals surface area contributed by atoms with E-state index in [9.17, 15) is 16.8 Å². The standard InChI is InChI=1S/C20H19ClN2O4S2/c1-14-7-3-5-9-19(14)28(24,25)22-16-11-12-17(21)18(13-16)23-29(26,27)20-10-6-4-8-15(20)2/h3-13,22-23H,1-2H3. The lowest BCUT2D eigenvalue weighted by atomic mass is 10.2. The van der Waals surface area contributed by atoms with Crippen molar-refractivity contribution in [2.24, 2.45) is 0 Å². The van der Waals surface area contributed by atoms with Crippen LogP contribution in [0.5, 0.6) is 0 Å². The van der Waals surface area contributed by atoms with Gasteiger partial charge in [0.1, 0.15) is 0 Å². The van der Waals surface area contributed by atoms with Gasteiger partial charge in [-0.1, -0.05) is 48.0 Å². The normalized spacial score (nSPS) is 11.8. The van der Waals surface area contributed by atoms with Crippen molar-refractivity contribution in [3.63, 3.8) is 0 Å². The van der Waals surface area contributed by atoms with E-state index >= 15 is 0 Å². The molecule has 0 bridgehead atoms. The predicted octanol–water partition coefficient (Wildman–Crippen LogP) is 4.56. The average Bonchev–Trinajstić information content (AvgIpc) is 2.64. The molecule has 0 aliphatic carbocycles. The molecule has 0 atom stereocenters. The molecule has 6 nitrogen and oxygen atoms in total. The van der Waals surface area contributed by atoms with Gasteiger partial charge in [-0.05, 0) is 55.3 Å². The molecule has 0 aliphatic rings. The van der Waals surface area contributed by atoms with E-state index in [-0.39, 0.29) is 26.2 Å². The van der Waals surface area contributed by atoms with Gasteiger partial charge in [0.2, 0.25) is 0 Å². The highest BCUT2D eigenvalue weighted by atomic mass is 35.5. The van der Waals surface area contributed by atoms with Gasteiger partial charge in [-0.15, -0.1) is 0 Å². The number of hydrogen-bond donors (Lipinski definition) is 2. The van der Waals surface area contributed by atoms with Gasteiger partial charge in [-0.3, -0.25) is 9.44 Å². The van der Waals surface area contributed by atoms with Gasteiger partial charge in [0.25, 0.3) is 20.0 Å². The zero-order valence-electron chi connectivity index (χ0n) is 15.7. The number of halogens is 1. The first kappa shape index (κ1) is 21.2. The topological polar surface area (TPSA) is 92.3 Å². The molecule has 0 fully saturated rings. The van der Waals surface area contributed by atoms with E-state index in [1.54, 1.807) is 50.2 Å². The third kappa shape index (κ3) is 4.72. The van der Waals surface area contributed by atoms with E-state index in [1.165, 1.54) is 30.3 Å². The largest absolute Gasteiger partial charge is 0.280 e. The zero-order chi connectivity index (χ0) is 21.2. The first-order valence-corrected chi connectivity index (χ1v) is 11.9. The van der Waals surface area contributed by atoms with Crippen LogP contribution in [-0.4, -0.2) is 16.8 Å². The zero-order valence-corrected chi connectivity index (χ0v) is 18.1. The second kappa shape index (κ2) is 8.06. The summed E-state index contributed by atoms with van der Waals surface area (Å²) in [6.07, 6.45) is 0. The van der Waals surface area contributed by atoms with E-state index < -0.39 is 20.0 Å². The van der Waals surface area contributed by atoms with Crippen molar-refractivity contribution >= 4 is 43.0 Å². The summed E-state index contributed by atoms with van der Waals surface area (Å²) >= 11 is 6.14. The van der Waals surface area contributed by atoms with Crippen molar-refractivity contribution in [1.82, 2.24) is 0 Å². The molecule has 0 heterocycles. The van der Waals surface area contributed by atoms with Crippen LogP contribution in [0.2, 0.25) is 5.02 Å². The van der Waals surface area contributed by atoms with Crippen molar-refractivity contribution in [1.29, 1.82) is 0 Å². The molecule has 3 aromatic carbocycles. The van der Waals surface area contributed by atoms with Crippen LogP contribution in [0.4, 0.5) is 11.4 Å². The first-order valence-electron chi connectivity index (χ1n) is 8.56. The lowest BCUT2D eigenvalue weighted by Crippen LogP contribution is -2.16. The lowest BCUT2D eigenvalue weighted by Gasteiger charge is -2.14. The van der Waals surface area contributed by atoms with E-state index in [1.807, 2.05) is 0 Å². The highest BCUT2D eigenvalue weighted by Crippen LogP contribution is 2.30. The van der Waals surface area contributed by atoms with Crippen LogP contribution < -0.4 is 9.44 Å². The fourth-order valence-corrected chi connectivity index (χ4v) is 5.63. The summed E-state index contributed by atoms with van der Waals surface area (Å²) in [5.41, 5.74) is 1.42. The number of rotatable bonds is 6. The summed E-state index contributed by atoms with van der Waals surface area (Å²) < 4.78 is 55.7. The molecule has 3 rings (SSSR count). The number of hydrogen-bond acceptors (Lipinski definition) is 4. The maximum atomic E-state index is 12.7. The number of anilines is 2. The quantitative estimate of drug-likeness (QED) is 0.575. The molecule has 29 heavy (non-hydrogen) atoms. The summed E-state index contributed by atoms with van der Waals surface area (Å²) in [7, 11) is -7.74. The number of aryl methyl sites for hydroxylation is 2. The van der Waals surface area contributed by atoms with Gasteiger partial charge >= 0.3 is 0 Å². The average molecular weight is 451 g/mol. The van der Waals surface area contributed by atoms with Gasteiger partial charge in [0.05, 0.1) is 26.2 Å². The number of sulfonamides is 2. The number of nitrogens with one attached hydrogen (secondary N) is 2. The molecule has 0 aliphatic heterocycles. The minimum Gasteiger partial charge on any atom is -0.280 e. The summed E-state index contributed by atoms with van der Waals surface area (Å²) in [5.74, 6) is 0. The third-order valence-electron chi connectivity index (χ3n) is 4.23. The summed E-state index contributed by atoms with van der Waals surface area (Å²) in [6, 6.07) is 17.3. The van der Waals surface area contributed by atoms with Crippen LogP contribution in [0.1, 0.15) is 11.1 Å². The Balaban J connectivity index is 1.93. The molecule has 0 unspecified atom stereocenters. The Morgan fingerprint density at radius 3 is 1.69 bits per heavy atom. The van der Waals surface area contributed by atoms with Crippen molar-refractivity contribution in [2.75, 3.05) is 9.44 Å². The maximum Gasteiger partial charge on any atom is 0.262 e. The smallest absolute Gasteiger partial charge is 0.262 e. The summed E-state index contributed by atoms with van der Waals surface area (Å²) in [6.45, 7) is 3.38. The minimum absolute atomic E-state index is 0.0694. The first-order chi connectivity index (χ1) is 13.6. The molecule has 9 heteroatoms. The molecule has 0 aromatic heterocycles. The van der Waals surface area contributed by atoms with Gasteiger partial charge in [0.15, 0.2) is 0 Å². The molecule has 152 valence electrons. The van der Waals surface area contributed by atoms with Gasteiger partial charge in [-0.2, -0.15) is 0 Å². The van der Waals surface area contributed by atoms with Crippen molar-refractivity contribution in [3.8, 4) is 0 Å². The summed E-state index contributed by atoms with van der Waals surface area (Å²) in [4.78, 5) is 0.249. The second-order valence-electron chi connectivity index (χ2n) is 6.44. The predicted molar refractivity (Wildman–Crippen MR) is 115 cm³/mol. The van der Waals surface area contributed by atoms with Crippen molar-refractivity contribution < 1.29 is 16.8 Å². The fraction of sp³-hybridized carbons (Fsp3) is 0.100. The van der Waals surface area contributed by atoms with Gasteiger partial charge in [0, 0.05) is 0 Å². The van der Waals surface area contributed by atoms with Crippen molar-refractivity contribution in [2.45, 2.75) is 23.6 Å². The molecule has 0 amide bonds. The van der Waals surface area contributed by atoms with E-state index in [2.05, 4.69) is 9.44 Å². The Hall–Kier alpha value is -2.55. The maximum absolute atomic E-state index is 12.7. The van der Waals surface area contributed by atoms with E-state index in [0.717, 1.165) is 0 Å². The van der Waals surface area contributed by atoms with Crippen molar-refractivity contribution in [3.05, 3.63) is 82.9 Å². The Morgan fingerprint density at radius 2 is 1.17 bits per heavy atom. The summed E-state index contributed by atoms with van der Waals surface area (Å²) in [5, 5.41) is 0.140. The molecular formula is C20H19ClN2O4S2. The minimum atomic E-state index is -3.90. The Kier molecular flexibility index (Phi) is 5.88. The molecule has 0 saturated heterocycles. The fourth-order valence-electron chi connectivity index (χ4n) is 2.79. The molecule has 2 N–H and O–H groups in total. The van der Waals surface area contributed by atoms with Crippen LogP contribution >= 0.6 is 11.6 Å². The van der Waals surface area contributed by atoms with Crippen LogP contribution in [0.25, 0.3) is 0 Å². The molecule has 0 spiro atoms. The van der Waals surface area contributed by atoms with Crippen LogP contribution in [0.15, 0.2) is 76.5 Å². The van der Waals surface area contributed by atoms with Crippen LogP contribution in [0, 0.1) is 13.8 Å². The third-order valence-corrected chi connectivity index (χ3v) is 7.63. The van der Waals surface area contributed by atoms with Crippen LogP contribution in [-0.2, 0) is 20.0 Å². The SMILES string of the molecule is Cc1ccccc1S(=O)(=O)Nc1ccc(Cl)c(NS(=O)(=O)c2ccccc2C)c1. The molecule has 0 radical (unpaired) electrons. The molecule has 0 saturated carbocycles. The van der Waals surface area contributed by atoms with Gasteiger partial charge < -0.3 is 0 Å². The van der Waals surface area contributed by atoms with E-state index in [0.29, 0.717) is 11.1 Å². The van der Waals surface area contributed by atoms with Crippen LogP contribution in [0.3, 0.4) is 0 Å². The highest BCUT2D eigenvalue weighted by Gasteiger charge is 2.20. The Labute approximate surface area is 175 Å². The molecular weight excluding hydrogens is 432 g/mol. The second-order valence-corrected chi connectivity index (χ2v) is 10.1. The van der Waals surface area contributed by atoms with Gasteiger partial charge in [-0.25, -0.2) is 16.8 Å². The lowest BCUT2D eigenvalue weighted by molar-refractivity contribution is 0.599. The number of benzene rings is 3. The van der Waals surface area contributed by atoms with E-state index in [4.69, 9.17) is 11.6 Å². The Morgan fingerprint density at radius 1 is 0.690 bits per heavy atom. The molecule has 3 aromatic rings. The Bertz CT molecular complexity index is 1270.